The average molecular weight is 348 g/mol. The smallest absolute Gasteiger partial charge is 0.236 e. The molecule has 140 valence electrons. The van der Waals surface area contributed by atoms with Gasteiger partial charge in [0.15, 0.2) is 0 Å². The fourth-order valence-electron chi connectivity index (χ4n) is 5.52. The number of piperazine rings is 1. The number of rotatable bonds is 3. The number of fused-ring (bicyclic) bond motifs is 2. The van der Waals surface area contributed by atoms with Gasteiger partial charge in [-0.3, -0.25) is 14.5 Å². The summed E-state index contributed by atoms with van der Waals surface area (Å²) in [4.78, 5) is 31.8. The lowest BCUT2D eigenvalue weighted by Gasteiger charge is -2.37. The van der Waals surface area contributed by atoms with Crippen molar-refractivity contribution >= 4 is 11.8 Å². The second-order valence-corrected chi connectivity index (χ2v) is 8.68. The SMILES string of the molecule is O=C(CN1CCN(C(=O)[C@@H]2C[C@H]3CC[C@H]2C3)CC1)N1CCCCCC1. The predicted octanol–water partition coefficient (Wildman–Crippen LogP) is 1.97. The maximum Gasteiger partial charge on any atom is 0.236 e. The molecule has 0 spiro atoms. The Balaban J connectivity index is 1.23. The molecule has 4 fully saturated rings. The molecule has 0 aromatic carbocycles. The van der Waals surface area contributed by atoms with Gasteiger partial charge in [0, 0.05) is 45.2 Å². The summed E-state index contributed by atoms with van der Waals surface area (Å²) in [6.45, 7) is 5.72. The maximum absolute atomic E-state index is 12.8. The van der Waals surface area contributed by atoms with Gasteiger partial charge >= 0.3 is 0 Å². The largest absolute Gasteiger partial charge is 0.342 e. The van der Waals surface area contributed by atoms with E-state index in [0.717, 1.165) is 64.4 Å². The lowest BCUT2D eigenvalue weighted by atomic mass is 9.87. The molecule has 0 aromatic rings. The number of likely N-dealkylation sites (tertiary alicyclic amines) is 1. The lowest BCUT2D eigenvalue weighted by molar-refractivity contribution is -0.139. The Morgan fingerprint density at radius 1 is 0.760 bits per heavy atom. The second-order valence-electron chi connectivity index (χ2n) is 8.68. The third-order valence-electron chi connectivity index (χ3n) is 7.06. The van der Waals surface area contributed by atoms with Gasteiger partial charge in [0.25, 0.3) is 0 Å². The number of hydrogen-bond acceptors (Lipinski definition) is 3. The van der Waals surface area contributed by atoms with Crippen molar-refractivity contribution in [3.63, 3.8) is 0 Å². The molecule has 2 heterocycles. The predicted molar refractivity (Wildman–Crippen MR) is 97.0 cm³/mol. The Kier molecular flexibility index (Phi) is 5.30. The quantitative estimate of drug-likeness (QED) is 0.784. The van der Waals surface area contributed by atoms with Crippen molar-refractivity contribution in [1.29, 1.82) is 0 Å². The first-order valence-corrected chi connectivity index (χ1v) is 10.5. The van der Waals surface area contributed by atoms with E-state index >= 15 is 0 Å². The monoisotopic (exact) mass is 347 g/mol. The third kappa shape index (κ3) is 3.86. The van der Waals surface area contributed by atoms with Crippen LogP contribution in [0.15, 0.2) is 0 Å². The fourth-order valence-corrected chi connectivity index (χ4v) is 5.52. The lowest BCUT2D eigenvalue weighted by Crippen LogP contribution is -2.53. The topological polar surface area (TPSA) is 43.9 Å². The van der Waals surface area contributed by atoms with Crippen LogP contribution in [0.25, 0.3) is 0 Å². The van der Waals surface area contributed by atoms with E-state index < -0.39 is 0 Å². The van der Waals surface area contributed by atoms with E-state index in [0.29, 0.717) is 24.3 Å². The van der Waals surface area contributed by atoms with Crippen molar-refractivity contribution in [1.82, 2.24) is 14.7 Å². The van der Waals surface area contributed by atoms with E-state index in [1.54, 1.807) is 0 Å². The van der Waals surface area contributed by atoms with Gasteiger partial charge in [-0.25, -0.2) is 0 Å². The Morgan fingerprint density at radius 3 is 2.08 bits per heavy atom. The number of carbonyl (C=O) groups is 2. The zero-order chi connectivity index (χ0) is 17.2. The zero-order valence-corrected chi connectivity index (χ0v) is 15.5. The minimum Gasteiger partial charge on any atom is -0.342 e. The zero-order valence-electron chi connectivity index (χ0n) is 15.5. The van der Waals surface area contributed by atoms with Crippen molar-refractivity contribution in [3.8, 4) is 0 Å². The summed E-state index contributed by atoms with van der Waals surface area (Å²) < 4.78 is 0. The molecule has 2 aliphatic carbocycles. The van der Waals surface area contributed by atoms with Gasteiger partial charge < -0.3 is 9.80 Å². The highest BCUT2D eigenvalue weighted by Crippen LogP contribution is 2.48. The fraction of sp³-hybridized carbons (Fsp3) is 0.900. The van der Waals surface area contributed by atoms with Crippen LogP contribution in [-0.2, 0) is 9.59 Å². The third-order valence-corrected chi connectivity index (χ3v) is 7.06. The molecule has 0 radical (unpaired) electrons. The first-order valence-electron chi connectivity index (χ1n) is 10.5. The van der Waals surface area contributed by atoms with E-state index in [4.69, 9.17) is 0 Å². The van der Waals surface area contributed by atoms with Gasteiger partial charge in [-0.2, -0.15) is 0 Å². The van der Waals surface area contributed by atoms with Crippen LogP contribution in [0, 0.1) is 17.8 Å². The van der Waals surface area contributed by atoms with E-state index in [1.165, 1.54) is 32.1 Å². The Morgan fingerprint density at radius 2 is 1.48 bits per heavy atom. The summed E-state index contributed by atoms with van der Waals surface area (Å²) in [5, 5.41) is 0. The summed E-state index contributed by atoms with van der Waals surface area (Å²) in [5.41, 5.74) is 0. The molecule has 4 aliphatic rings. The van der Waals surface area contributed by atoms with Crippen LogP contribution < -0.4 is 0 Å². The Labute approximate surface area is 151 Å². The molecule has 2 aliphatic heterocycles. The molecule has 0 aromatic heterocycles. The molecule has 2 saturated heterocycles. The molecule has 25 heavy (non-hydrogen) atoms. The Bertz CT molecular complexity index is 493. The van der Waals surface area contributed by atoms with Crippen molar-refractivity contribution < 1.29 is 9.59 Å². The summed E-state index contributed by atoms with van der Waals surface area (Å²) >= 11 is 0. The van der Waals surface area contributed by atoms with Gasteiger partial charge in [0.05, 0.1) is 6.54 Å². The van der Waals surface area contributed by atoms with Crippen LogP contribution in [0.3, 0.4) is 0 Å². The molecule has 5 heteroatoms. The summed E-state index contributed by atoms with van der Waals surface area (Å²) in [6, 6.07) is 0. The van der Waals surface area contributed by atoms with E-state index in [1.807, 2.05) is 0 Å². The van der Waals surface area contributed by atoms with Gasteiger partial charge in [-0.1, -0.05) is 19.3 Å². The highest BCUT2D eigenvalue weighted by Gasteiger charge is 2.44. The summed E-state index contributed by atoms with van der Waals surface area (Å²) in [6.07, 6.45) is 9.86. The molecule has 2 saturated carbocycles. The van der Waals surface area contributed by atoms with Crippen LogP contribution in [0.1, 0.15) is 51.4 Å². The molecular formula is C20H33N3O2. The van der Waals surface area contributed by atoms with Crippen LogP contribution in [0.5, 0.6) is 0 Å². The van der Waals surface area contributed by atoms with Gasteiger partial charge in [0.2, 0.25) is 11.8 Å². The second kappa shape index (κ2) is 7.65. The summed E-state index contributed by atoms with van der Waals surface area (Å²) in [7, 11) is 0. The number of nitrogens with zero attached hydrogens (tertiary/aromatic N) is 3. The van der Waals surface area contributed by atoms with Crippen molar-refractivity contribution in [2.24, 2.45) is 17.8 Å². The molecule has 2 amide bonds. The van der Waals surface area contributed by atoms with Crippen LogP contribution in [-0.4, -0.2) is 72.3 Å². The van der Waals surface area contributed by atoms with Crippen molar-refractivity contribution in [2.45, 2.75) is 51.4 Å². The first-order chi connectivity index (χ1) is 12.2. The van der Waals surface area contributed by atoms with Crippen LogP contribution in [0.4, 0.5) is 0 Å². The van der Waals surface area contributed by atoms with E-state index in [9.17, 15) is 9.59 Å². The minimum absolute atomic E-state index is 0.287. The number of amides is 2. The molecule has 3 atom stereocenters. The number of hydrogen-bond donors (Lipinski definition) is 0. The van der Waals surface area contributed by atoms with Crippen molar-refractivity contribution in [2.75, 3.05) is 45.8 Å². The first kappa shape index (κ1) is 17.3. The highest BCUT2D eigenvalue weighted by atomic mass is 16.2. The van der Waals surface area contributed by atoms with Crippen molar-refractivity contribution in [3.05, 3.63) is 0 Å². The molecular weight excluding hydrogens is 314 g/mol. The molecule has 0 N–H and O–H groups in total. The van der Waals surface area contributed by atoms with E-state index in [2.05, 4.69) is 14.7 Å². The molecule has 2 bridgehead atoms. The molecule has 0 unspecified atom stereocenters. The summed E-state index contributed by atoms with van der Waals surface area (Å²) in [5.74, 6) is 2.50. The van der Waals surface area contributed by atoms with E-state index in [-0.39, 0.29) is 5.91 Å². The highest BCUT2D eigenvalue weighted by molar-refractivity contribution is 5.80. The van der Waals surface area contributed by atoms with Crippen LogP contribution >= 0.6 is 0 Å². The molecule has 5 nitrogen and oxygen atoms in total. The van der Waals surface area contributed by atoms with Crippen LogP contribution in [0.2, 0.25) is 0 Å². The normalized spacial score (nSPS) is 33.5. The van der Waals surface area contributed by atoms with Gasteiger partial charge in [0.1, 0.15) is 0 Å². The minimum atomic E-state index is 0.287. The van der Waals surface area contributed by atoms with Gasteiger partial charge in [-0.05, 0) is 43.9 Å². The Hall–Kier alpha value is -1.10. The average Bonchev–Trinajstić information content (AvgIpc) is 3.16. The standard InChI is InChI=1S/C20H33N3O2/c24-19(22-7-3-1-2-4-8-22)15-21-9-11-23(12-10-21)20(25)18-14-16-5-6-17(18)13-16/h16-18H,1-15H2/t16-,17-,18+/m0/s1. The molecule has 4 rings (SSSR count). The number of carbonyl (C=O) groups excluding carboxylic acids is 2. The maximum atomic E-state index is 12.8. The van der Waals surface area contributed by atoms with Gasteiger partial charge in [-0.15, -0.1) is 0 Å².